The van der Waals surface area contributed by atoms with Crippen molar-refractivity contribution in [1.82, 2.24) is 4.57 Å². The Kier molecular flexibility index (Phi) is 6.68. The van der Waals surface area contributed by atoms with Gasteiger partial charge in [0, 0.05) is 32.9 Å². The van der Waals surface area contributed by atoms with Crippen molar-refractivity contribution in [2.45, 2.75) is 46.2 Å². The molecule has 0 amide bonds. The monoisotopic (exact) mass is 445 g/mol. The van der Waals surface area contributed by atoms with Gasteiger partial charge in [-0.3, -0.25) is 0 Å². The van der Waals surface area contributed by atoms with Crippen LogP contribution in [0.3, 0.4) is 0 Å². The molecule has 170 valence electrons. The topological polar surface area (TPSA) is 29.6 Å². The van der Waals surface area contributed by atoms with E-state index in [9.17, 15) is 8.78 Å². The number of halogens is 2. The first kappa shape index (κ1) is 22.8. The summed E-state index contributed by atoms with van der Waals surface area (Å²) >= 11 is 0. The van der Waals surface area contributed by atoms with E-state index in [1.54, 1.807) is 0 Å². The van der Waals surface area contributed by atoms with Gasteiger partial charge >= 0.3 is 0 Å². The number of benzene rings is 3. The second-order valence-corrected chi connectivity index (χ2v) is 8.59. The minimum atomic E-state index is -0.445. The second kappa shape index (κ2) is 9.65. The lowest BCUT2D eigenvalue weighted by Gasteiger charge is -2.15. The number of hydrogen-bond acceptors (Lipinski definition) is 2. The van der Waals surface area contributed by atoms with Crippen LogP contribution in [0.4, 0.5) is 8.78 Å². The zero-order chi connectivity index (χ0) is 23.5. The van der Waals surface area contributed by atoms with Gasteiger partial charge in [-0.05, 0) is 48.7 Å². The van der Waals surface area contributed by atoms with E-state index in [2.05, 4.69) is 43.6 Å². The molecule has 0 saturated heterocycles. The second-order valence-electron chi connectivity index (χ2n) is 8.59. The summed E-state index contributed by atoms with van der Waals surface area (Å²) in [6.45, 7) is 10.9. The number of fused-ring (bicyclic) bond motifs is 3. The number of para-hydroxylation sites is 1. The molecule has 0 spiro atoms. The van der Waals surface area contributed by atoms with Crippen molar-refractivity contribution >= 4 is 27.5 Å². The summed E-state index contributed by atoms with van der Waals surface area (Å²) in [7, 11) is 0. The van der Waals surface area contributed by atoms with Gasteiger partial charge < -0.3 is 4.57 Å². The highest BCUT2D eigenvalue weighted by Gasteiger charge is 2.15. The van der Waals surface area contributed by atoms with Gasteiger partial charge in [0.05, 0.1) is 18.3 Å². The molecule has 3 aromatic carbocycles. The van der Waals surface area contributed by atoms with Crippen LogP contribution in [0.2, 0.25) is 0 Å². The van der Waals surface area contributed by atoms with Crippen LogP contribution in [-0.2, 0) is 6.54 Å². The molecule has 4 rings (SSSR count). The summed E-state index contributed by atoms with van der Waals surface area (Å²) < 4.78 is 30.2. The van der Waals surface area contributed by atoms with E-state index in [0.717, 1.165) is 46.3 Å². The van der Waals surface area contributed by atoms with Gasteiger partial charge in [0.2, 0.25) is 0 Å². The van der Waals surface area contributed by atoms with Gasteiger partial charge in [-0.2, -0.15) is 10.2 Å². The average Bonchev–Trinajstić information content (AvgIpc) is 3.14. The van der Waals surface area contributed by atoms with E-state index >= 15 is 0 Å². The summed E-state index contributed by atoms with van der Waals surface area (Å²) in [6.07, 6.45) is 2.00. The first-order chi connectivity index (χ1) is 15.9. The molecule has 0 aliphatic heterocycles. The van der Waals surface area contributed by atoms with Crippen LogP contribution in [-0.4, -0.2) is 10.6 Å². The molecule has 1 aromatic heterocycles. The van der Waals surface area contributed by atoms with Gasteiger partial charge in [-0.15, -0.1) is 0 Å². The minimum absolute atomic E-state index is 0.179. The molecule has 2 unspecified atom stereocenters. The lowest BCUT2D eigenvalue weighted by molar-refractivity contribution is 0.422. The van der Waals surface area contributed by atoms with Crippen molar-refractivity contribution in [3.8, 4) is 0 Å². The molecule has 0 radical (unpaired) electrons. The van der Waals surface area contributed by atoms with E-state index in [-0.39, 0.29) is 12.6 Å². The molecule has 0 bridgehead atoms. The van der Waals surface area contributed by atoms with Crippen molar-refractivity contribution in [1.29, 1.82) is 0 Å². The maximum atomic E-state index is 14.4. The van der Waals surface area contributed by atoms with Crippen LogP contribution >= 0.6 is 0 Å². The predicted molar refractivity (Wildman–Crippen MR) is 132 cm³/mol. The molecular formula is C28H29F2N3. The van der Waals surface area contributed by atoms with Crippen LogP contribution in [0, 0.1) is 17.6 Å². The number of hydrogen-bond donors (Lipinski definition) is 0. The van der Waals surface area contributed by atoms with Gasteiger partial charge in [0.15, 0.2) is 0 Å². The van der Waals surface area contributed by atoms with Crippen LogP contribution in [0.15, 0.2) is 77.5 Å². The van der Waals surface area contributed by atoms with E-state index in [1.165, 1.54) is 12.1 Å². The van der Waals surface area contributed by atoms with Crippen LogP contribution < -0.4 is 0 Å². The third-order valence-corrected chi connectivity index (χ3v) is 6.49. The molecule has 0 fully saturated rings. The third-order valence-electron chi connectivity index (χ3n) is 6.49. The van der Waals surface area contributed by atoms with Gasteiger partial charge in [0.25, 0.3) is 0 Å². The Balaban J connectivity index is 1.75. The largest absolute Gasteiger partial charge is 0.336 e. The molecule has 0 aliphatic carbocycles. The van der Waals surface area contributed by atoms with E-state index in [1.807, 2.05) is 41.0 Å². The third kappa shape index (κ3) is 4.58. The summed E-state index contributed by atoms with van der Waals surface area (Å²) in [6, 6.07) is 17.7. The van der Waals surface area contributed by atoms with E-state index in [0.29, 0.717) is 17.2 Å². The molecular weight excluding hydrogens is 416 g/mol. The maximum absolute atomic E-state index is 14.4. The lowest BCUT2D eigenvalue weighted by atomic mass is 9.98. The van der Waals surface area contributed by atoms with Crippen molar-refractivity contribution in [3.05, 3.63) is 90.0 Å². The van der Waals surface area contributed by atoms with Gasteiger partial charge in [-0.25, -0.2) is 8.78 Å². The summed E-state index contributed by atoms with van der Waals surface area (Å²) in [5.74, 6) is -0.395. The zero-order valence-electron chi connectivity index (χ0n) is 19.4. The van der Waals surface area contributed by atoms with Crippen molar-refractivity contribution in [2.24, 2.45) is 16.1 Å². The number of azo groups is 1. The fourth-order valence-electron chi connectivity index (χ4n) is 4.31. The molecule has 3 nitrogen and oxygen atoms in total. The fraction of sp³-hybridized carbons (Fsp3) is 0.286. The highest BCUT2D eigenvalue weighted by Crippen LogP contribution is 2.32. The van der Waals surface area contributed by atoms with Crippen LogP contribution in [0.25, 0.3) is 27.5 Å². The Morgan fingerprint density at radius 1 is 0.939 bits per heavy atom. The van der Waals surface area contributed by atoms with Crippen molar-refractivity contribution in [3.63, 3.8) is 0 Å². The molecule has 5 heteroatoms. The molecule has 4 aromatic rings. The minimum Gasteiger partial charge on any atom is -0.336 e. The Hall–Kier alpha value is -3.34. The quantitative estimate of drug-likeness (QED) is 0.244. The smallest absolute Gasteiger partial charge is 0.128 e. The summed E-state index contributed by atoms with van der Waals surface area (Å²) in [5.41, 5.74) is 3.73. The highest BCUT2D eigenvalue weighted by molar-refractivity contribution is 6.08. The SMILES string of the molecule is C=C(N=NC(CC)C(C)CC)c1ccc2c(c1)c1ccccc1n2Cc1cc(F)ccc1F. The summed E-state index contributed by atoms with van der Waals surface area (Å²) in [5, 5.41) is 11.1. The average molecular weight is 446 g/mol. The van der Waals surface area contributed by atoms with Crippen LogP contribution in [0.5, 0.6) is 0 Å². The van der Waals surface area contributed by atoms with Crippen LogP contribution in [0.1, 0.15) is 44.7 Å². The molecule has 0 N–H and O–H groups in total. The lowest BCUT2D eigenvalue weighted by Crippen LogP contribution is -2.13. The first-order valence-corrected chi connectivity index (χ1v) is 11.5. The summed E-state index contributed by atoms with van der Waals surface area (Å²) in [4.78, 5) is 0. The molecule has 2 atom stereocenters. The molecule has 0 saturated carbocycles. The zero-order valence-corrected chi connectivity index (χ0v) is 19.4. The van der Waals surface area contributed by atoms with E-state index < -0.39 is 11.6 Å². The number of aromatic nitrogens is 1. The van der Waals surface area contributed by atoms with Gasteiger partial charge in [0.1, 0.15) is 11.6 Å². The fourth-order valence-corrected chi connectivity index (χ4v) is 4.31. The predicted octanol–water partition coefficient (Wildman–Crippen LogP) is 8.37. The van der Waals surface area contributed by atoms with Gasteiger partial charge in [-0.1, -0.05) is 58.0 Å². The standard InChI is InChI=1S/C28H29F2N3/c1-5-18(3)26(6-2)32-31-19(4)20-11-14-28-24(16-20)23-9-7-8-10-27(23)33(28)17-21-15-22(29)12-13-25(21)30/h7-16,18,26H,4-6,17H2,1-3H3. The number of nitrogens with zero attached hydrogens (tertiary/aromatic N) is 3. The molecule has 33 heavy (non-hydrogen) atoms. The molecule has 1 heterocycles. The molecule has 0 aliphatic rings. The normalized spacial score (nSPS) is 13.7. The van der Waals surface area contributed by atoms with E-state index in [4.69, 9.17) is 0 Å². The number of rotatable bonds is 8. The van der Waals surface area contributed by atoms with Crippen molar-refractivity contribution < 1.29 is 8.78 Å². The Labute approximate surface area is 193 Å². The Bertz CT molecular complexity index is 1340. The highest BCUT2D eigenvalue weighted by atomic mass is 19.1. The van der Waals surface area contributed by atoms with Crippen molar-refractivity contribution in [2.75, 3.05) is 0 Å². The Morgan fingerprint density at radius 2 is 1.70 bits per heavy atom. The first-order valence-electron chi connectivity index (χ1n) is 11.5. The maximum Gasteiger partial charge on any atom is 0.128 e. The Morgan fingerprint density at radius 3 is 2.45 bits per heavy atom.